The fourth-order valence-corrected chi connectivity index (χ4v) is 2.51. The van der Waals surface area contributed by atoms with E-state index >= 15 is 0 Å². The first-order valence-corrected chi connectivity index (χ1v) is 10.2. The van der Waals surface area contributed by atoms with Crippen LogP contribution in [0.4, 0.5) is 0 Å². The molecule has 0 aromatic carbocycles. The summed E-state index contributed by atoms with van der Waals surface area (Å²) in [6.07, 6.45) is 4.39. The monoisotopic (exact) mass is 399 g/mol. The number of carbonyl (C=O) groups is 4. The number of unbranched alkanes of at least 4 members (excludes halogenated alkanes) is 4. The van der Waals surface area contributed by atoms with Crippen LogP contribution in [0.2, 0.25) is 0 Å². The molecule has 0 heterocycles. The van der Waals surface area contributed by atoms with Crippen molar-refractivity contribution in [3.63, 3.8) is 0 Å². The maximum Gasteiger partial charge on any atom is 0.303 e. The standard InChI is InChI=1S/C20H37N3O5/c1-13(2)17(23-19(27)15(5)22-18(26)14(3)4)20(28)21-12-10-8-6-7-9-11-16(24)25/h13-15,17H,6-12H2,1-5H3,(H,21,28)(H,22,26)(H,23,27)(H,24,25)/t15-,17-/m1/s1. The molecule has 2 atom stereocenters. The summed E-state index contributed by atoms with van der Waals surface area (Å²) in [5.41, 5.74) is 0. The highest BCUT2D eigenvalue weighted by Crippen LogP contribution is 2.06. The number of amides is 3. The summed E-state index contributed by atoms with van der Waals surface area (Å²) < 4.78 is 0. The van der Waals surface area contributed by atoms with Crippen molar-refractivity contribution in [3.05, 3.63) is 0 Å². The van der Waals surface area contributed by atoms with Crippen LogP contribution in [-0.2, 0) is 19.2 Å². The molecule has 0 aromatic heterocycles. The first kappa shape index (κ1) is 25.9. The number of carboxylic acid groups (broad SMARTS) is 1. The normalized spacial score (nSPS) is 13.1. The first-order chi connectivity index (χ1) is 13.1. The number of hydrogen-bond donors (Lipinski definition) is 4. The van der Waals surface area contributed by atoms with Crippen molar-refractivity contribution in [1.82, 2.24) is 16.0 Å². The molecule has 4 N–H and O–H groups in total. The SMILES string of the molecule is CC(C)C(=O)N[C@H](C)C(=O)N[C@@H](C(=O)NCCCCCCCC(=O)O)C(C)C. The molecule has 0 aromatic rings. The third-order valence-corrected chi connectivity index (χ3v) is 4.39. The second-order valence-corrected chi connectivity index (χ2v) is 7.82. The van der Waals surface area contributed by atoms with E-state index in [0.717, 1.165) is 25.7 Å². The molecule has 8 heteroatoms. The van der Waals surface area contributed by atoms with Crippen LogP contribution in [0.3, 0.4) is 0 Å². The van der Waals surface area contributed by atoms with Gasteiger partial charge in [0, 0.05) is 18.9 Å². The molecule has 0 saturated heterocycles. The molecule has 162 valence electrons. The number of hydrogen-bond acceptors (Lipinski definition) is 4. The Bertz CT molecular complexity index is 520. The largest absolute Gasteiger partial charge is 0.481 e. The van der Waals surface area contributed by atoms with Gasteiger partial charge in [-0.05, 0) is 25.7 Å². The lowest BCUT2D eigenvalue weighted by Crippen LogP contribution is -2.55. The second kappa shape index (κ2) is 14.0. The summed E-state index contributed by atoms with van der Waals surface area (Å²) in [6.45, 7) is 9.30. The van der Waals surface area contributed by atoms with Crippen LogP contribution >= 0.6 is 0 Å². The average molecular weight is 400 g/mol. The molecule has 0 fully saturated rings. The van der Waals surface area contributed by atoms with Gasteiger partial charge in [-0.25, -0.2) is 0 Å². The molecule has 0 aliphatic carbocycles. The summed E-state index contributed by atoms with van der Waals surface area (Å²) in [5.74, 6) is -1.92. The van der Waals surface area contributed by atoms with E-state index in [1.165, 1.54) is 0 Å². The van der Waals surface area contributed by atoms with E-state index in [9.17, 15) is 19.2 Å². The Kier molecular flexibility index (Phi) is 12.9. The Balaban J connectivity index is 4.26. The Morgan fingerprint density at radius 1 is 0.750 bits per heavy atom. The summed E-state index contributed by atoms with van der Waals surface area (Å²) >= 11 is 0. The highest BCUT2D eigenvalue weighted by Gasteiger charge is 2.26. The van der Waals surface area contributed by atoms with E-state index in [4.69, 9.17) is 5.11 Å². The number of nitrogens with one attached hydrogen (secondary N) is 3. The van der Waals surface area contributed by atoms with Gasteiger partial charge in [0.25, 0.3) is 0 Å². The molecule has 0 unspecified atom stereocenters. The van der Waals surface area contributed by atoms with Gasteiger partial charge in [0.1, 0.15) is 12.1 Å². The van der Waals surface area contributed by atoms with E-state index in [1.54, 1.807) is 20.8 Å². The lowest BCUT2D eigenvalue weighted by molar-refractivity contribution is -0.137. The molecular formula is C20H37N3O5. The van der Waals surface area contributed by atoms with E-state index in [1.807, 2.05) is 13.8 Å². The van der Waals surface area contributed by atoms with Gasteiger partial charge in [-0.1, -0.05) is 47.0 Å². The third kappa shape index (κ3) is 11.6. The van der Waals surface area contributed by atoms with Crippen LogP contribution in [-0.4, -0.2) is 47.4 Å². The number of aliphatic carboxylic acids is 1. The average Bonchev–Trinajstić information content (AvgIpc) is 2.60. The van der Waals surface area contributed by atoms with Crippen LogP contribution in [0, 0.1) is 11.8 Å². The van der Waals surface area contributed by atoms with Gasteiger partial charge in [-0.2, -0.15) is 0 Å². The lowest BCUT2D eigenvalue weighted by atomic mass is 10.0. The summed E-state index contributed by atoms with van der Waals surface area (Å²) in [6, 6.07) is -1.38. The summed E-state index contributed by atoms with van der Waals surface area (Å²) in [7, 11) is 0. The maximum atomic E-state index is 12.4. The van der Waals surface area contributed by atoms with E-state index in [0.29, 0.717) is 13.0 Å². The third-order valence-electron chi connectivity index (χ3n) is 4.39. The number of rotatable bonds is 14. The van der Waals surface area contributed by atoms with Crippen molar-refractivity contribution in [2.24, 2.45) is 11.8 Å². The molecule has 0 rings (SSSR count). The van der Waals surface area contributed by atoms with Crippen molar-refractivity contribution in [3.8, 4) is 0 Å². The molecule has 0 spiro atoms. The van der Waals surface area contributed by atoms with Gasteiger partial charge >= 0.3 is 5.97 Å². The number of carboxylic acids is 1. The zero-order chi connectivity index (χ0) is 21.7. The van der Waals surface area contributed by atoms with Crippen LogP contribution < -0.4 is 16.0 Å². The van der Waals surface area contributed by atoms with Gasteiger partial charge < -0.3 is 21.1 Å². The van der Waals surface area contributed by atoms with Gasteiger partial charge in [0.05, 0.1) is 0 Å². The van der Waals surface area contributed by atoms with Gasteiger partial charge in [0.15, 0.2) is 0 Å². The van der Waals surface area contributed by atoms with Crippen LogP contribution in [0.15, 0.2) is 0 Å². The molecule has 0 radical (unpaired) electrons. The molecule has 8 nitrogen and oxygen atoms in total. The predicted molar refractivity (Wildman–Crippen MR) is 108 cm³/mol. The minimum Gasteiger partial charge on any atom is -0.481 e. The maximum absolute atomic E-state index is 12.4. The minimum absolute atomic E-state index is 0.0898. The lowest BCUT2D eigenvalue weighted by Gasteiger charge is -2.24. The molecule has 0 saturated carbocycles. The fraction of sp³-hybridized carbons (Fsp3) is 0.800. The smallest absolute Gasteiger partial charge is 0.303 e. The Morgan fingerprint density at radius 3 is 1.86 bits per heavy atom. The van der Waals surface area contributed by atoms with Crippen LogP contribution in [0.25, 0.3) is 0 Å². The van der Waals surface area contributed by atoms with Crippen LogP contribution in [0.5, 0.6) is 0 Å². The Hall–Kier alpha value is -2.12. The van der Waals surface area contributed by atoms with E-state index < -0.39 is 18.1 Å². The summed E-state index contributed by atoms with van der Waals surface area (Å²) in [4.78, 5) is 46.8. The Labute approximate surface area is 168 Å². The Morgan fingerprint density at radius 2 is 1.32 bits per heavy atom. The van der Waals surface area contributed by atoms with E-state index in [-0.39, 0.29) is 36.0 Å². The minimum atomic E-state index is -0.771. The number of carbonyl (C=O) groups excluding carboxylic acids is 3. The zero-order valence-corrected chi connectivity index (χ0v) is 17.8. The molecule has 0 bridgehead atoms. The van der Waals surface area contributed by atoms with Crippen molar-refractivity contribution in [2.45, 2.75) is 85.2 Å². The topological polar surface area (TPSA) is 125 Å². The molecule has 0 aliphatic heterocycles. The quantitative estimate of drug-likeness (QED) is 0.332. The van der Waals surface area contributed by atoms with Crippen molar-refractivity contribution in [2.75, 3.05) is 6.54 Å². The van der Waals surface area contributed by atoms with Crippen molar-refractivity contribution < 1.29 is 24.3 Å². The van der Waals surface area contributed by atoms with E-state index in [2.05, 4.69) is 16.0 Å². The highest BCUT2D eigenvalue weighted by atomic mass is 16.4. The van der Waals surface area contributed by atoms with Crippen molar-refractivity contribution in [1.29, 1.82) is 0 Å². The summed E-state index contributed by atoms with van der Waals surface area (Å²) in [5, 5.41) is 16.8. The first-order valence-electron chi connectivity index (χ1n) is 10.2. The molecule has 3 amide bonds. The second-order valence-electron chi connectivity index (χ2n) is 7.82. The zero-order valence-electron chi connectivity index (χ0n) is 17.8. The van der Waals surface area contributed by atoms with Crippen molar-refractivity contribution >= 4 is 23.7 Å². The predicted octanol–water partition coefficient (Wildman–Crippen LogP) is 1.83. The van der Waals surface area contributed by atoms with Crippen LogP contribution in [0.1, 0.15) is 73.1 Å². The fourth-order valence-electron chi connectivity index (χ4n) is 2.51. The van der Waals surface area contributed by atoms with Gasteiger partial charge in [0.2, 0.25) is 17.7 Å². The molecular weight excluding hydrogens is 362 g/mol. The molecule has 0 aliphatic rings. The van der Waals surface area contributed by atoms with Gasteiger partial charge in [-0.15, -0.1) is 0 Å². The molecule has 28 heavy (non-hydrogen) atoms. The van der Waals surface area contributed by atoms with Gasteiger partial charge in [-0.3, -0.25) is 19.2 Å². The highest BCUT2D eigenvalue weighted by molar-refractivity contribution is 5.92.